The first-order valence-corrected chi connectivity index (χ1v) is 5.34. The summed E-state index contributed by atoms with van der Waals surface area (Å²) in [5, 5.41) is 13.7. The molecule has 0 unspecified atom stereocenters. The summed E-state index contributed by atoms with van der Waals surface area (Å²) < 4.78 is 0. The van der Waals surface area contributed by atoms with E-state index in [9.17, 15) is 5.11 Å². The Morgan fingerprint density at radius 3 is 2.67 bits per heavy atom. The van der Waals surface area contributed by atoms with Gasteiger partial charge >= 0.3 is 0 Å². The largest absolute Gasteiger partial charge is 0.377 e. The fraction of sp³-hybridized carbons (Fsp3) is 0.417. The number of benzene rings is 1. The van der Waals surface area contributed by atoms with Gasteiger partial charge in [-0.1, -0.05) is 37.3 Å². The maximum absolute atomic E-state index is 10.6. The van der Waals surface area contributed by atoms with Gasteiger partial charge in [-0.2, -0.15) is 0 Å². The van der Waals surface area contributed by atoms with Crippen molar-refractivity contribution in [3.63, 3.8) is 0 Å². The predicted molar refractivity (Wildman–Crippen MR) is 60.9 cm³/mol. The van der Waals surface area contributed by atoms with Crippen LogP contribution < -0.4 is 5.32 Å². The molecule has 0 spiro atoms. The van der Waals surface area contributed by atoms with Crippen LogP contribution >= 0.6 is 0 Å². The Hall–Kier alpha value is -1.35. The van der Waals surface area contributed by atoms with E-state index in [2.05, 4.69) is 10.3 Å². The van der Waals surface area contributed by atoms with Crippen LogP contribution in [0.3, 0.4) is 0 Å². The number of nitrogens with zero attached hydrogens (tertiary/aromatic N) is 1. The molecule has 0 radical (unpaired) electrons. The summed E-state index contributed by atoms with van der Waals surface area (Å²) in [4.78, 5) is 4.31. The van der Waals surface area contributed by atoms with Gasteiger partial charge in [0.1, 0.15) is 11.4 Å². The highest BCUT2D eigenvalue weighted by atomic mass is 16.3. The highest BCUT2D eigenvalue weighted by molar-refractivity contribution is 5.92. The summed E-state index contributed by atoms with van der Waals surface area (Å²) in [5.74, 6) is 0.705. The molecule has 0 amide bonds. The number of amidine groups is 1. The van der Waals surface area contributed by atoms with Crippen molar-refractivity contribution in [3.8, 4) is 0 Å². The molecule has 1 aliphatic rings. The van der Waals surface area contributed by atoms with Crippen LogP contribution in [0.2, 0.25) is 0 Å². The van der Waals surface area contributed by atoms with E-state index in [-0.39, 0.29) is 0 Å². The molecule has 15 heavy (non-hydrogen) atoms. The Morgan fingerprint density at radius 1 is 1.40 bits per heavy atom. The zero-order valence-electron chi connectivity index (χ0n) is 8.90. The van der Waals surface area contributed by atoms with E-state index in [1.54, 1.807) is 0 Å². The van der Waals surface area contributed by atoms with Gasteiger partial charge < -0.3 is 10.4 Å². The van der Waals surface area contributed by atoms with Gasteiger partial charge in [0, 0.05) is 6.54 Å². The van der Waals surface area contributed by atoms with E-state index in [0.29, 0.717) is 12.3 Å². The van der Waals surface area contributed by atoms with Gasteiger partial charge in [0.05, 0.1) is 6.54 Å². The van der Waals surface area contributed by atoms with E-state index in [0.717, 1.165) is 18.7 Å². The fourth-order valence-corrected chi connectivity index (χ4v) is 1.90. The zero-order chi connectivity index (χ0) is 10.7. The summed E-state index contributed by atoms with van der Waals surface area (Å²) in [6.07, 6.45) is 0.628. The fourth-order valence-electron chi connectivity index (χ4n) is 1.90. The summed E-state index contributed by atoms with van der Waals surface area (Å²) >= 11 is 0. The second-order valence-electron chi connectivity index (χ2n) is 3.74. The summed E-state index contributed by atoms with van der Waals surface area (Å²) in [6, 6.07) is 9.69. The second-order valence-corrected chi connectivity index (χ2v) is 3.74. The van der Waals surface area contributed by atoms with E-state index >= 15 is 0 Å². The van der Waals surface area contributed by atoms with Crippen LogP contribution in [0.25, 0.3) is 0 Å². The van der Waals surface area contributed by atoms with E-state index in [1.165, 1.54) is 0 Å². The second kappa shape index (κ2) is 4.03. The third-order valence-corrected chi connectivity index (χ3v) is 2.83. The average Bonchev–Trinajstić information content (AvgIpc) is 2.83. The maximum atomic E-state index is 10.6. The van der Waals surface area contributed by atoms with Gasteiger partial charge in [0.2, 0.25) is 0 Å². The molecular formula is C12H16N2O. The minimum absolute atomic E-state index is 0.628. The Labute approximate surface area is 89.9 Å². The molecule has 2 rings (SSSR count). The molecule has 0 fully saturated rings. The average molecular weight is 204 g/mol. The van der Waals surface area contributed by atoms with E-state index < -0.39 is 5.60 Å². The van der Waals surface area contributed by atoms with Crippen LogP contribution in [0.4, 0.5) is 0 Å². The molecule has 0 saturated heterocycles. The van der Waals surface area contributed by atoms with Crippen molar-refractivity contribution in [3.05, 3.63) is 35.9 Å². The standard InChI is InChI=1S/C12H16N2O/c1-2-12(15,11-13-8-9-14-11)10-6-4-3-5-7-10/h3-7,15H,2,8-9H2,1H3,(H,13,14)/t12-/m0/s1. The van der Waals surface area contributed by atoms with Gasteiger partial charge in [-0.3, -0.25) is 4.99 Å². The van der Waals surface area contributed by atoms with Gasteiger partial charge in [0.15, 0.2) is 0 Å². The van der Waals surface area contributed by atoms with Crippen LogP contribution in [-0.4, -0.2) is 24.0 Å². The number of hydrogen-bond donors (Lipinski definition) is 2. The molecule has 2 N–H and O–H groups in total. The van der Waals surface area contributed by atoms with Crippen molar-refractivity contribution < 1.29 is 5.11 Å². The molecule has 1 aromatic rings. The van der Waals surface area contributed by atoms with Gasteiger partial charge in [0.25, 0.3) is 0 Å². The van der Waals surface area contributed by atoms with Crippen molar-refractivity contribution in [2.45, 2.75) is 18.9 Å². The third-order valence-electron chi connectivity index (χ3n) is 2.83. The molecule has 0 aliphatic carbocycles. The van der Waals surface area contributed by atoms with Gasteiger partial charge in [-0.05, 0) is 12.0 Å². The van der Waals surface area contributed by atoms with Crippen LogP contribution in [-0.2, 0) is 5.60 Å². The lowest BCUT2D eigenvalue weighted by atomic mass is 9.90. The normalized spacial score (nSPS) is 19.2. The lowest BCUT2D eigenvalue weighted by Gasteiger charge is -2.27. The maximum Gasteiger partial charge on any atom is 0.146 e. The molecule has 1 heterocycles. The Kier molecular flexibility index (Phi) is 2.73. The van der Waals surface area contributed by atoms with Crippen molar-refractivity contribution in [1.29, 1.82) is 0 Å². The summed E-state index contributed by atoms with van der Waals surface area (Å²) in [5.41, 5.74) is -0.0433. The monoisotopic (exact) mass is 204 g/mol. The lowest BCUT2D eigenvalue weighted by molar-refractivity contribution is 0.104. The van der Waals surface area contributed by atoms with Crippen molar-refractivity contribution in [2.24, 2.45) is 4.99 Å². The van der Waals surface area contributed by atoms with Crippen LogP contribution in [0.1, 0.15) is 18.9 Å². The molecule has 80 valence electrons. The van der Waals surface area contributed by atoms with Crippen LogP contribution in [0.15, 0.2) is 35.3 Å². The molecule has 0 saturated carbocycles. The molecule has 0 aromatic heterocycles. The van der Waals surface area contributed by atoms with Gasteiger partial charge in [-0.15, -0.1) is 0 Å². The van der Waals surface area contributed by atoms with Crippen LogP contribution in [0.5, 0.6) is 0 Å². The first-order chi connectivity index (χ1) is 7.27. The number of aliphatic hydroxyl groups is 1. The van der Waals surface area contributed by atoms with Crippen molar-refractivity contribution >= 4 is 5.84 Å². The number of aliphatic imine (C=N–C) groups is 1. The molecule has 1 aliphatic heterocycles. The minimum atomic E-state index is -0.947. The summed E-state index contributed by atoms with van der Waals surface area (Å²) in [7, 11) is 0. The Balaban J connectivity index is 2.37. The topological polar surface area (TPSA) is 44.6 Å². The molecular weight excluding hydrogens is 188 g/mol. The van der Waals surface area contributed by atoms with Crippen molar-refractivity contribution in [1.82, 2.24) is 5.32 Å². The molecule has 1 atom stereocenters. The number of rotatable bonds is 3. The lowest BCUT2D eigenvalue weighted by Crippen LogP contribution is -2.41. The first kappa shape index (κ1) is 10.2. The molecule has 3 nitrogen and oxygen atoms in total. The minimum Gasteiger partial charge on any atom is -0.377 e. The summed E-state index contributed by atoms with van der Waals surface area (Å²) in [6.45, 7) is 3.55. The Morgan fingerprint density at radius 2 is 2.13 bits per heavy atom. The highest BCUT2D eigenvalue weighted by Crippen LogP contribution is 2.26. The first-order valence-electron chi connectivity index (χ1n) is 5.34. The smallest absolute Gasteiger partial charge is 0.146 e. The number of hydrogen-bond acceptors (Lipinski definition) is 3. The Bertz CT molecular complexity index is 361. The zero-order valence-corrected chi connectivity index (χ0v) is 8.90. The third kappa shape index (κ3) is 1.75. The van der Waals surface area contributed by atoms with E-state index in [1.807, 2.05) is 37.3 Å². The quantitative estimate of drug-likeness (QED) is 0.779. The highest BCUT2D eigenvalue weighted by Gasteiger charge is 2.34. The van der Waals surface area contributed by atoms with E-state index in [4.69, 9.17) is 0 Å². The molecule has 0 bridgehead atoms. The SMILES string of the molecule is CC[C@@](O)(C1=NCCN1)c1ccccc1. The molecule has 1 aromatic carbocycles. The van der Waals surface area contributed by atoms with Gasteiger partial charge in [-0.25, -0.2) is 0 Å². The van der Waals surface area contributed by atoms with Crippen molar-refractivity contribution in [2.75, 3.05) is 13.1 Å². The van der Waals surface area contributed by atoms with Crippen LogP contribution in [0, 0.1) is 0 Å². The molecule has 3 heteroatoms. The number of nitrogens with one attached hydrogen (secondary N) is 1. The predicted octanol–water partition coefficient (Wildman–Crippen LogP) is 1.29.